The van der Waals surface area contributed by atoms with Crippen molar-refractivity contribution in [3.05, 3.63) is 83.6 Å². The van der Waals surface area contributed by atoms with Gasteiger partial charge >= 0.3 is 0 Å². The largest absolute Gasteiger partial charge is 0.236 e. The zero-order valence-electron chi connectivity index (χ0n) is 14.6. The number of hydrogen-bond donors (Lipinski definition) is 0. The highest BCUT2D eigenvalue weighted by molar-refractivity contribution is 6.32. The Labute approximate surface area is 161 Å². The molecule has 0 fully saturated rings. The summed E-state index contributed by atoms with van der Waals surface area (Å²) in [6, 6.07) is 22.2. The van der Waals surface area contributed by atoms with E-state index in [0.717, 1.165) is 33.4 Å². The van der Waals surface area contributed by atoms with Crippen molar-refractivity contribution in [3.63, 3.8) is 0 Å². The van der Waals surface area contributed by atoms with Crippen LogP contribution < -0.4 is 0 Å². The maximum absolute atomic E-state index is 6.51. The van der Waals surface area contributed by atoms with Crippen LogP contribution in [0.15, 0.2) is 72.9 Å². The second-order valence-electron chi connectivity index (χ2n) is 6.53. The Balaban J connectivity index is 1.71. The summed E-state index contributed by atoms with van der Waals surface area (Å²) in [7, 11) is 0. The quantitative estimate of drug-likeness (QED) is 0.381. The van der Waals surface area contributed by atoms with Crippen molar-refractivity contribution in [2.75, 3.05) is 0 Å². The van der Waals surface area contributed by atoms with E-state index in [-0.39, 0.29) is 0 Å². The minimum absolute atomic E-state index is 0.452. The van der Waals surface area contributed by atoms with Crippen molar-refractivity contribution in [2.24, 2.45) is 0 Å². The lowest BCUT2D eigenvalue weighted by molar-refractivity contribution is 0.967. The fourth-order valence-corrected chi connectivity index (χ4v) is 3.45. The number of benzene rings is 2. The summed E-state index contributed by atoms with van der Waals surface area (Å²) in [6.07, 6.45) is 1.82. The van der Waals surface area contributed by atoms with Crippen LogP contribution >= 0.6 is 11.6 Å². The van der Waals surface area contributed by atoms with Crippen molar-refractivity contribution < 1.29 is 0 Å². The molecule has 5 rings (SSSR count). The van der Waals surface area contributed by atoms with Crippen LogP contribution in [-0.4, -0.2) is 19.6 Å². The first-order valence-corrected chi connectivity index (χ1v) is 9.04. The number of aryl methyl sites for hydroxylation is 1. The van der Waals surface area contributed by atoms with Crippen molar-refractivity contribution in [3.8, 4) is 22.4 Å². The number of pyridine rings is 1. The molecule has 0 aliphatic rings. The van der Waals surface area contributed by atoms with E-state index in [1.165, 1.54) is 5.56 Å². The van der Waals surface area contributed by atoms with Gasteiger partial charge in [-0.3, -0.25) is 0 Å². The molecule has 0 bridgehead atoms. The third kappa shape index (κ3) is 2.75. The maximum Gasteiger partial charge on any atom is 0.166 e. The molecular formula is C22H15ClN4. The van der Waals surface area contributed by atoms with Gasteiger partial charge in [0.25, 0.3) is 0 Å². The Morgan fingerprint density at radius 3 is 2.44 bits per heavy atom. The molecule has 0 saturated heterocycles. The van der Waals surface area contributed by atoms with Crippen LogP contribution in [0.1, 0.15) is 5.56 Å². The first-order valence-electron chi connectivity index (χ1n) is 8.66. The Morgan fingerprint density at radius 2 is 1.67 bits per heavy atom. The summed E-state index contributed by atoms with van der Waals surface area (Å²) < 4.78 is 1.76. The Kier molecular flexibility index (Phi) is 3.66. The molecule has 2 aromatic carbocycles. The van der Waals surface area contributed by atoms with Crippen molar-refractivity contribution in [1.82, 2.24) is 19.6 Å². The topological polar surface area (TPSA) is 43.1 Å². The molecule has 0 amide bonds. The van der Waals surface area contributed by atoms with Crippen LogP contribution in [-0.2, 0) is 0 Å². The van der Waals surface area contributed by atoms with Gasteiger partial charge in [-0.2, -0.15) is 9.61 Å². The predicted molar refractivity (Wildman–Crippen MR) is 109 cm³/mol. The van der Waals surface area contributed by atoms with Gasteiger partial charge in [0.2, 0.25) is 0 Å². The molecule has 0 radical (unpaired) electrons. The number of aromatic nitrogens is 4. The molecule has 5 aromatic rings. The number of rotatable bonds is 2. The summed E-state index contributed by atoms with van der Waals surface area (Å²) in [5.41, 5.74) is 6.48. The monoisotopic (exact) mass is 370 g/mol. The maximum atomic E-state index is 6.51. The molecule has 0 spiro atoms. The van der Waals surface area contributed by atoms with Crippen LogP contribution in [0.25, 0.3) is 39.1 Å². The van der Waals surface area contributed by atoms with E-state index in [1.807, 2.05) is 48.7 Å². The molecular weight excluding hydrogens is 356 g/mol. The van der Waals surface area contributed by atoms with Crippen molar-refractivity contribution in [1.29, 1.82) is 0 Å². The molecule has 3 aromatic heterocycles. The Morgan fingerprint density at radius 1 is 0.889 bits per heavy atom. The van der Waals surface area contributed by atoms with E-state index in [0.29, 0.717) is 10.8 Å². The van der Waals surface area contributed by atoms with Crippen molar-refractivity contribution in [2.45, 2.75) is 6.92 Å². The molecule has 27 heavy (non-hydrogen) atoms. The molecule has 0 aliphatic carbocycles. The minimum atomic E-state index is 0.452. The highest BCUT2D eigenvalue weighted by atomic mass is 35.5. The van der Waals surface area contributed by atoms with E-state index in [9.17, 15) is 0 Å². The zero-order valence-corrected chi connectivity index (χ0v) is 15.4. The molecule has 0 unspecified atom stereocenters. The smallest absolute Gasteiger partial charge is 0.166 e. The van der Waals surface area contributed by atoms with Gasteiger partial charge in [0.1, 0.15) is 5.15 Å². The van der Waals surface area contributed by atoms with Gasteiger partial charge in [-0.1, -0.05) is 71.8 Å². The van der Waals surface area contributed by atoms with E-state index in [1.54, 1.807) is 4.52 Å². The van der Waals surface area contributed by atoms with E-state index >= 15 is 0 Å². The van der Waals surface area contributed by atoms with Gasteiger partial charge in [0, 0.05) is 28.8 Å². The van der Waals surface area contributed by atoms with Gasteiger partial charge in [-0.15, -0.1) is 0 Å². The SMILES string of the molecule is Cc1ccc(-c2cc3ncc4cc(-c5ccccc5)c(Cl)nc4n3n2)cc1. The van der Waals surface area contributed by atoms with E-state index in [4.69, 9.17) is 16.7 Å². The summed E-state index contributed by atoms with van der Waals surface area (Å²) in [5, 5.41) is 6.06. The number of halogens is 1. The lowest BCUT2D eigenvalue weighted by Gasteiger charge is -2.07. The fourth-order valence-electron chi connectivity index (χ4n) is 3.20. The average molecular weight is 371 g/mol. The van der Waals surface area contributed by atoms with Crippen LogP contribution in [0.5, 0.6) is 0 Å². The standard InChI is InChI=1S/C22H15ClN4/c1-14-7-9-16(10-8-14)19-12-20-24-13-17-11-18(15-5-3-2-4-6-15)21(23)25-22(17)27(20)26-19/h2-13H,1H3. The lowest BCUT2D eigenvalue weighted by Crippen LogP contribution is -1.97. The van der Waals surface area contributed by atoms with E-state index in [2.05, 4.69) is 41.2 Å². The fraction of sp³-hybridized carbons (Fsp3) is 0.0455. The average Bonchev–Trinajstić information content (AvgIpc) is 3.13. The number of fused-ring (bicyclic) bond motifs is 3. The molecule has 0 saturated carbocycles. The minimum Gasteiger partial charge on any atom is -0.236 e. The summed E-state index contributed by atoms with van der Waals surface area (Å²) in [6.45, 7) is 2.07. The summed E-state index contributed by atoms with van der Waals surface area (Å²) in [5.74, 6) is 0. The Hall–Kier alpha value is -3.24. The number of hydrogen-bond acceptors (Lipinski definition) is 3. The molecule has 3 heterocycles. The van der Waals surface area contributed by atoms with Crippen LogP contribution in [0.2, 0.25) is 5.15 Å². The van der Waals surface area contributed by atoms with Crippen LogP contribution in [0, 0.1) is 6.92 Å². The second-order valence-corrected chi connectivity index (χ2v) is 6.89. The molecule has 0 N–H and O–H groups in total. The van der Waals surface area contributed by atoms with Gasteiger partial charge in [-0.25, -0.2) is 9.97 Å². The first kappa shape index (κ1) is 16.0. The number of nitrogens with zero attached hydrogens (tertiary/aromatic N) is 4. The van der Waals surface area contributed by atoms with Crippen LogP contribution in [0.3, 0.4) is 0 Å². The molecule has 4 nitrogen and oxygen atoms in total. The molecule has 130 valence electrons. The summed E-state index contributed by atoms with van der Waals surface area (Å²) in [4.78, 5) is 9.18. The first-order chi connectivity index (χ1) is 13.2. The highest BCUT2D eigenvalue weighted by Crippen LogP contribution is 2.30. The normalized spacial score (nSPS) is 11.3. The molecule has 5 heteroatoms. The third-order valence-corrected chi connectivity index (χ3v) is 4.93. The summed E-state index contributed by atoms with van der Waals surface area (Å²) >= 11 is 6.51. The lowest BCUT2D eigenvalue weighted by atomic mass is 10.1. The second kappa shape index (κ2) is 6.18. The zero-order chi connectivity index (χ0) is 18.4. The van der Waals surface area contributed by atoms with Gasteiger partial charge in [-0.05, 0) is 18.6 Å². The van der Waals surface area contributed by atoms with Crippen molar-refractivity contribution >= 4 is 28.3 Å². The van der Waals surface area contributed by atoms with E-state index < -0.39 is 0 Å². The van der Waals surface area contributed by atoms with Crippen LogP contribution in [0.4, 0.5) is 0 Å². The third-order valence-electron chi connectivity index (χ3n) is 4.64. The molecule has 0 atom stereocenters. The Bertz CT molecular complexity index is 1270. The van der Waals surface area contributed by atoms with Gasteiger partial charge < -0.3 is 0 Å². The molecule has 0 aliphatic heterocycles. The predicted octanol–water partition coefficient (Wildman–Crippen LogP) is 5.57. The highest BCUT2D eigenvalue weighted by Gasteiger charge is 2.13. The van der Waals surface area contributed by atoms with Gasteiger partial charge in [0.15, 0.2) is 11.3 Å². The van der Waals surface area contributed by atoms with Gasteiger partial charge in [0.05, 0.1) is 5.69 Å².